The van der Waals surface area contributed by atoms with Gasteiger partial charge in [-0.2, -0.15) is 0 Å². The summed E-state index contributed by atoms with van der Waals surface area (Å²) in [6, 6.07) is 8.85. The largest absolute Gasteiger partial charge is 0.449 e. The van der Waals surface area contributed by atoms with Crippen LogP contribution in [0.3, 0.4) is 0 Å². The lowest BCUT2D eigenvalue weighted by molar-refractivity contribution is -0.123. The van der Waals surface area contributed by atoms with Gasteiger partial charge in [-0.05, 0) is 37.3 Å². The Kier molecular flexibility index (Phi) is 5.28. The lowest BCUT2D eigenvalue weighted by Gasteiger charge is -2.14. The zero-order valence-corrected chi connectivity index (χ0v) is 12.7. The summed E-state index contributed by atoms with van der Waals surface area (Å²) in [4.78, 5) is 23.8. The van der Waals surface area contributed by atoms with Crippen LogP contribution in [-0.4, -0.2) is 18.0 Å². The number of esters is 1. The van der Waals surface area contributed by atoms with Crippen LogP contribution in [0.4, 0.5) is 14.5 Å². The molecule has 2 rings (SSSR count). The van der Waals surface area contributed by atoms with E-state index in [9.17, 15) is 18.4 Å². The fraction of sp³-hybridized carbons (Fsp3) is 0.125. The van der Waals surface area contributed by atoms with Crippen molar-refractivity contribution in [3.8, 4) is 0 Å². The second-order valence-corrected chi connectivity index (χ2v) is 5.11. The minimum absolute atomic E-state index is 0.429. The molecule has 1 amide bonds. The maximum absolute atomic E-state index is 13.5. The predicted octanol–water partition coefficient (Wildman–Crippen LogP) is 3.80. The van der Waals surface area contributed by atoms with Gasteiger partial charge in [0.2, 0.25) is 0 Å². The van der Waals surface area contributed by atoms with Gasteiger partial charge in [0.25, 0.3) is 5.91 Å². The Balaban J connectivity index is 2.01. The molecule has 0 unspecified atom stereocenters. The molecule has 0 spiro atoms. The van der Waals surface area contributed by atoms with E-state index in [0.29, 0.717) is 16.8 Å². The number of nitrogens with one attached hydrogen (secondary N) is 1. The van der Waals surface area contributed by atoms with E-state index in [0.717, 1.165) is 12.1 Å². The molecule has 0 heterocycles. The molecule has 0 fully saturated rings. The monoisotopic (exact) mass is 339 g/mol. The van der Waals surface area contributed by atoms with Crippen molar-refractivity contribution in [1.82, 2.24) is 0 Å². The SMILES string of the molecule is C[C@@H](OC(=O)c1ccc(F)cc1F)C(=O)Nc1cccc(Cl)c1. The molecule has 0 radical (unpaired) electrons. The first-order valence-electron chi connectivity index (χ1n) is 6.59. The van der Waals surface area contributed by atoms with Gasteiger partial charge >= 0.3 is 5.97 Å². The summed E-state index contributed by atoms with van der Waals surface area (Å²) in [6.45, 7) is 1.33. The van der Waals surface area contributed by atoms with Gasteiger partial charge < -0.3 is 10.1 Å². The van der Waals surface area contributed by atoms with Gasteiger partial charge in [-0.15, -0.1) is 0 Å². The average Bonchev–Trinajstić information content (AvgIpc) is 2.46. The van der Waals surface area contributed by atoms with E-state index in [1.165, 1.54) is 13.0 Å². The summed E-state index contributed by atoms with van der Waals surface area (Å²) in [7, 11) is 0. The molecule has 1 N–H and O–H groups in total. The topological polar surface area (TPSA) is 55.4 Å². The third kappa shape index (κ3) is 4.50. The van der Waals surface area contributed by atoms with E-state index in [-0.39, 0.29) is 0 Å². The van der Waals surface area contributed by atoms with Crippen molar-refractivity contribution in [2.45, 2.75) is 13.0 Å². The van der Waals surface area contributed by atoms with Crippen molar-refractivity contribution in [3.63, 3.8) is 0 Å². The molecule has 0 bridgehead atoms. The third-order valence-corrected chi connectivity index (χ3v) is 3.13. The first-order valence-corrected chi connectivity index (χ1v) is 6.97. The molecular weight excluding hydrogens is 328 g/mol. The molecule has 0 aliphatic heterocycles. The summed E-state index contributed by atoms with van der Waals surface area (Å²) >= 11 is 5.79. The van der Waals surface area contributed by atoms with Crippen LogP contribution >= 0.6 is 11.6 Å². The Bertz CT molecular complexity index is 752. The zero-order chi connectivity index (χ0) is 17.0. The molecular formula is C16H12ClF2NO3. The minimum atomic E-state index is -1.18. The quantitative estimate of drug-likeness (QED) is 0.862. The van der Waals surface area contributed by atoms with Crippen molar-refractivity contribution >= 4 is 29.2 Å². The number of carbonyl (C=O) groups excluding carboxylic acids is 2. The van der Waals surface area contributed by atoms with Crippen molar-refractivity contribution in [2.24, 2.45) is 0 Å². The molecule has 2 aromatic carbocycles. The van der Waals surface area contributed by atoms with Gasteiger partial charge in [0.15, 0.2) is 6.10 Å². The number of rotatable bonds is 4. The van der Waals surface area contributed by atoms with Crippen LogP contribution in [0.15, 0.2) is 42.5 Å². The first-order chi connectivity index (χ1) is 10.9. The Morgan fingerprint density at radius 3 is 2.57 bits per heavy atom. The molecule has 0 aliphatic rings. The molecule has 23 heavy (non-hydrogen) atoms. The summed E-state index contributed by atoms with van der Waals surface area (Å²) < 4.78 is 31.2. The van der Waals surface area contributed by atoms with Crippen LogP contribution in [0, 0.1) is 11.6 Å². The lowest BCUT2D eigenvalue weighted by atomic mass is 10.2. The van der Waals surface area contributed by atoms with Gasteiger partial charge in [0.05, 0.1) is 5.56 Å². The highest BCUT2D eigenvalue weighted by molar-refractivity contribution is 6.30. The smallest absolute Gasteiger partial charge is 0.341 e. The van der Waals surface area contributed by atoms with Gasteiger partial charge in [-0.25, -0.2) is 13.6 Å². The van der Waals surface area contributed by atoms with Crippen molar-refractivity contribution in [3.05, 3.63) is 64.7 Å². The molecule has 2 aromatic rings. The summed E-state index contributed by atoms with van der Waals surface area (Å²) in [5.74, 6) is -3.54. The standard InChI is InChI=1S/C16H12ClF2NO3/c1-9(15(21)20-12-4-2-3-10(17)7-12)23-16(22)13-6-5-11(18)8-14(13)19/h2-9H,1H3,(H,20,21)/t9-/m1/s1. The highest BCUT2D eigenvalue weighted by Gasteiger charge is 2.21. The molecule has 7 heteroatoms. The fourth-order valence-corrected chi connectivity index (χ4v) is 1.93. The summed E-state index contributed by atoms with van der Waals surface area (Å²) in [5.41, 5.74) is -0.0211. The van der Waals surface area contributed by atoms with E-state index >= 15 is 0 Å². The molecule has 1 atom stereocenters. The van der Waals surface area contributed by atoms with E-state index in [2.05, 4.69) is 5.32 Å². The maximum atomic E-state index is 13.5. The minimum Gasteiger partial charge on any atom is -0.449 e. The van der Waals surface area contributed by atoms with E-state index < -0.39 is 35.2 Å². The second kappa shape index (κ2) is 7.19. The lowest BCUT2D eigenvalue weighted by Crippen LogP contribution is -2.30. The normalized spacial score (nSPS) is 11.7. The molecule has 4 nitrogen and oxygen atoms in total. The number of halogens is 3. The van der Waals surface area contributed by atoms with Crippen molar-refractivity contribution < 1.29 is 23.1 Å². The number of anilines is 1. The average molecular weight is 340 g/mol. The summed E-state index contributed by atoms with van der Waals surface area (Å²) in [6.07, 6.45) is -1.18. The van der Waals surface area contributed by atoms with Crippen LogP contribution in [0.25, 0.3) is 0 Å². The molecule has 0 saturated carbocycles. The van der Waals surface area contributed by atoms with Crippen LogP contribution < -0.4 is 5.32 Å². The Morgan fingerprint density at radius 2 is 1.91 bits per heavy atom. The number of hydrogen-bond acceptors (Lipinski definition) is 3. The summed E-state index contributed by atoms with van der Waals surface area (Å²) in [5, 5.41) is 2.94. The fourth-order valence-electron chi connectivity index (χ4n) is 1.74. The van der Waals surface area contributed by atoms with Crippen LogP contribution in [0.5, 0.6) is 0 Å². The highest BCUT2D eigenvalue weighted by atomic mass is 35.5. The van der Waals surface area contributed by atoms with Crippen LogP contribution in [0.2, 0.25) is 5.02 Å². The van der Waals surface area contributed by atoms with Gasteiger partial charge in [0.1, 0.15) is 11.6 Å². The molecule has 0 aliphatic carbocycles. The van der Waals surface area contributed by atoms with Crippen molar-refractivity contribution in [2.75, 3.05) is 5.32 Å². The Morgan fingerprint density at radius 1 is 1.17 bits per heavy atom. The van der Waals surface area contributed by atoms with Crippen LogP contribution in [0.1, 0.15) is 17.3 Å². The van der Waals surface area contributed by atoms with E-state index in [1.807, 2.05) is 0 Å². The Labute approximate surface area is 136 Å². The first kappa shape index (κ1) is 16.9. The third-order valence-electron chi connectivity index (χ3n) is 2.90. The van der Waals surface area contributed by atoms with Gasteiger partial charge in [-0.1, -0.05) is 17.7 Å². The molecule has 0 aromatic heterocycles. The van der Waals surface area contributed by atoms with Crippen LogP contribution in [-0.2, 0) is 9.53 Å². The second-order valence-electron chi connectivity index (χ2n) is 4.67. The van der Waals surface area contributed by atoms with Crippen molar-refractivity contribution in [1.29, 1.82) is 0 Å². The maximum Gasteiger partial charge on any atom is 0.341 e. The number of hydrogen-bond donors (Lipinski definition) is 1. The van der Waals surface area contributed by atoms with E-state index in [1.54, 1.807) is 18.2 Å². The highest BCUT2D eigenvalue weighted by Crippen LogP contribution is 2.16. The molecule has 120 valence electrons. The zero-order valence-electron chi connectivity index (χ0n) is 12.0. The number of ether oxygens (including phenoxy) is 1. The van der Waals surface area contributed by atoms with Gasteiger partial charge in [0, 0.05) is 16.8 Å². The number of benzene rings is 2. The Hall–Kier alpha value is -2.47. The van der Waals surface area contributed by atoms with E-state index in [4.69, 9.17) is 16.3 Å². The number of amides is 1. The molecule has 0 saturated heterocycles. The van der Waals surface area contributed by atoms with Gasteiger partial charge in [-0.3, -0.25) is 4.79 Å². The predicted molar refractivity (Wildman–Crippen MR) is 81.3 cm³/mol. The number of carbonyl (C=O) groups is 2.